The molecule has 0 aliphatic carbocycles. The maximum atomic E-state index is 12.2. The van der Waals surface area contributed by atoms with E-state index >= 15 is 0 Å². The van der Waals surface area contributed by atoms with E-state index in [4.69, 9.17) is 22.1 Å². The maximum Gasteiger partial charge on any atom is 0.314 e. The van der Waals surface area contributed by atoms with Gasteiger partial charge in [0, 0.05) is 44.3 Å². The number of nitrogens with one attached hydrogen (secondary N) is 1. The summed E-state index contributed by atoms with van der Waals surface area (Å²) >= 11 is 5.91. The molecule has 0 atom stereocenters. The molecular formula is C15H21ClN4O3. The summed E-state index contributed by atoms with van der Waals surface area (Å²) in [6.45, 7) is 3.85. The number of piperazine rings is 1. The monoisotopic (exact) mass is 340 g/mol. The zero-order valence-electron chi connectivity index (χ0n) is 13.0. The molecule has 0 unspecified atom stereocenters. The fourth-order valence-corrected chi connectivity index (χ4v) is 2.63. The molecule has 1 fully saturated rings. The molecule has 1 aromatic rings. The summed E-state index contributed by atoms with van der Waals surface area (Å²) in [7, 11) is 1.48. The van der Waals surface area contributed by atoms with Crippen LogP contribution in [0.4, 0.5) is 5.69 Å². The Morgan fingerprint density at radius 2 is 2.00 bits per heavy atom. The number of nitrogens with zero attached hydrogens (tertiary/aromatic N) is 2. The number of rotatable bonds is 4. The van der Waals surface area contributed by atoms with Gasteiger partial charge in [0.2, 0.25) is 0 Å². The van der Waals surface area contributed by atoms with Crippen molar-refractivity contribution in [2.24, 2.45) is 5.73 Å². The number of halogens is 1. The van der Waals surface area contributed by atoms with Crippen LogP contribution in [0.15, 0.2) is 18.2 Å². The van der Waals surface area contributed by atoms with Gasteiger partial charge in [-0.05, 0) is 18.2 Å². The van der Waals surface area contributed by atoms with Gasteiger partial charge in [-0.15, -0.1) is 0 Å². The number of hydrogen-bond donors (Lipinski definition) is 2. The van der Waals surface area contributed by atoms with Gasteiger partial charge in [-0.3, -0.25) is 14.5 Å². The van der Waals surface area contributed by atoms with Crippen LogP contribution in [0.25, 0.3) is 0 Å². The quantitative estimate of drug-likeness (QED) is 0.774. The lowest BCUT2D eigenvalue weighted by atomic mass is 10.2. The number of hydrogen-bond acceptors (Lipinski definition) is 5. The Labute approximate surface area is 140 Å². The van der Waals surface area contributed by atoms with Crippen LogP contribution in [0.2, 0.25) is 5.02 Å². The van der Waals surface area contributed by atoms with Crippen LogP contribution in [-0.4, -0.2) is 68.0 Å². The highest BCUT2D eigenvalue weighted by Crippen LogP contribution is 2.27. The Kier molecular flexibility index (Phi) is 6.20. The molecule has 3 N–H and O–H groups in total. The first kappa shape index (κ1) is 17.5. The largest absolute Gasteiger partial charge is 0.495 e. The standard InChI is InChI=1S/C15H21ClN4O3/c1-23-13-3-2-11(16)10-12(13)18-14(21)15(22)20-8-6-19(5-4-17)7-9-20/h2-3,10H,4-9,17H2,1H3,(H,18,21). The van der Waals surface area contributed by atoms with Crippen LogP contribution >= 0.6 is 11.6 Å². The van der Waals surface area contributed by atoms with Crippen molar-refractivity contribution < 1.29 is 14.3 Å². The molecule has 1 heterocycles. The number of ether oxygens (including phenoxy) is 1. The molecule has 2 rings (SSSR count). The predicted octanol–water partition coefficient (Wildman–Crippen LogP) is 0.390. The number of amides is 2. The number of benzene rings is 1. The van der Waals surface area contributed by atoms with Crippen molar-refractivity contribution in [1.29, 1.82) is 0 Å². The molecule has 23 heavy (non-hydrogen) atoms. The summed E-state index contributed by atoms with van der Waals surface area (Å²) in [5.41, 5.74) is 5.89. The Bertz CT molecular complexity index is 574. The molecule has 0 spiro atoms. The van der Waals surface area contributed by atoms with Gasteiger partial charge in [-0.1, -0.05) is 11.6 Å². The van der Waals surface area contributed by atoms with E-state index in [0.717, 1.165) is 19.6 Å². The van der Waals surface area contributed by atoms with E-state index < -0.39 is 11.8 Å². The maximum absolute atomic E-state index is 12.2. The van der Waals surface area contributed by atoms with Crippen molar-refractivity contribution in [3.63, 3.8) is 0 Å². The van der Waals surface area contributed by atoms with Crippen molar-refractivity contribution in [3.05, 3.63) is 23.2 Å². The highest BCUT2D eigenvalue weighted by Gasteiger charge is 2.26. The van der Waals surface area contributed by atoms with Gasteiger partial charge in [-0.25, -0.2) is 0 Å². The predicted molar refractivity (Wildman–Crippen MR) is 88.7 cm³/mol. The summed E-state index contributed by atoms with van der Waals surface area (Å²) < 4.78 is 5.15. The van der Waals surface area contributed by atoms with Crippen LogP contribution in [0.5, 0.6) is 5.75 Å². The molecule has 1 saturated heterocycles. The second-order valence-corrected chi connectivity index (χ2v) is 5.66. The molecule has 1 aromatic carbocycles. The molecule has 2 amide bonds. The summed E-state index contributed by atoms with van der Waals surface area (Å²) in [5, 5.41) is 3.01. The summed E-state index contributed by atoms with van der Waals surface area (Å²) in [5.74, 6) is -0.805. The Balaban J connectivity index is 1.96. The third kappa shape index (κ3) is 4.57. The smallest absolute Gasteiger partial charge is 0.314 e. The number of nitrogens with two attached hydrogens (primary N) is 1. The van der Waals surface area contributed by atoms with E-state index in [1.54, 1.807) is 23.1 Å². The number of carbonyl (C=O) groups is 2. The zero-order chi connectivity index (χ0) is 16.8. The van der Waals surface area contributed by atoms with Crippen LogP contribution in [0.3, 0.4) is 0 Å². The Morgan fingerprint density at radius 1 is 1.30 bits per heavy atom. The molecule has 0 aromatic heterocycles. The van der Waals surface area contributed by atoms with Crippen LogP contribution in [0.1, 0.15) is 0 Å². The highest BCUT2D eigenvalue weighted by atomic mass is 35.5. The van der Waals surface area contributed by atoms with Crippen molar-refractivity contribution >= 4 is 29.1 Å². The normalized spacial score (nSPS) is 15.3. The molecule has 1 aliphatic rings. The van der Waals surface area contributed by atoms with Gasteiger partial charge >= 0.3 is 11.8 Å². The molecule has 126 valence electrons. The third-order valence-corrected chi connectivity index (χ3v) is 3.94. The first-order valence-corrected chi connectivity index (χ1v) is 7.79. The fraction of sp³-hybridized carbons (Fsp3) is 0.467. The first-order valence-electron chi connectivity index (χ1n) is 7.41. The SMILES string of the molecule is COc1ccc(Cl)cc1NC(=O)C(=O)N1CCN(CCN)CC1. The highest BCUT2D eigenvalue weighted by molar-refractivity contribution is 6.40. The molecule has 7 nitrogen and oxygen atoms in total. The van der Waals surface area contributed by atoms with Crippen LogP contribution in [-0.2, 0) is 9.59 Å². The Hall–Kier alpha value is -1.83. The zero-order valence-corrected chi connectivity index (χ0v) is 13.8. The first-order chi connectivity index (χ1) is 11.0. The van der Waals surface area contributed by atoms with E-state index in [9.17, 15) is 9.59 Å². The molecule has 8 heteroatoms. The number of carbonyl (C=O) groups excluding carboxylic acids is 2. The van der Waals surface area contributed by atoms with Crippen molar-refractivity contribution in [1.82, 2.24) is 9.80 Å². The lowest BCUT2D eigenvalue weighted by Crippen LogP contribution is -2.52. The van der Waals surface area contributed by atoms with Gasteiger partial charge in [0.15, 0.2) is 0 Å². The minimum absolute atomic E-state index is 0.375. The molecule has 0 bridgehead atoms. The minimum Gasteiger partial charge on any atom is -0.495 e. The van der Waals surface area contributed by atoms with E-state index in [2.05, 4.69) is 10.2 Å². The number of methoxy groups -OCH3 is 1. The van der Waals surface area contributed by atoms with Gasteiger partial charge in [-0.2, -0.15) is 0 Å². The molecular weight excluding hydrogens is 320 g/mol. The second kappa shape index (κ2) is 8.14. The Morgan fingerprint density at radius 3 is 2.61 bits per heavy atom. The van der Waals surface area contributed by atoms with Gasteiger partial charge in [0.25, 0.3) is 0 Å². The minimum atomic E-state index is -0.696. The topological polar surface area (TPSA) is 87.9 Å². The average Bonchev–Trinajstić information content (AvgIpc) is 2.55. The van der Waals surface area contributed by atoms with E-state index in [1.165, 1.54) is 7.11 Å². The fourth-order valence-electron chi connectivity index (χ4n) is 2.45. The van der Waals surface area contributed by atoms with Crippen molar-refractivity contribution in [2.45, 2.75) is 0 Å². The number of anilines is 1. The summed E-state index contributed by atoms with van der Waals surface area (Å²) in [6.07, 6.45) is 0. The van der Waals surface area contributed by atoms with Crippen molar-refractivity contribution in [2.75, 3.05) is 51.7 Å². The van der Waals surface area contributed by atoms with Crippen molar-refractivity contribution in [3.8, 4) is 5.75 Å². The van der Waals surface area contributed by atoms with E-state index in [-0.39, 0.29) is 0 Å². The molecule has 1 aliphatic heterocycles. The van der Waals surface area contributed by atoms with Gasteiger partial charge < -0.3 is 20.7 Å². The van der Waals surface area contributed by atoms with Crippen LogP contribution in [0, 0.1) is 0 Å². The van der Waals surface area contributed by atoms with Crippen LogP contribution < -0.4 is 15.8 Å². The average molecular weight is 341 g/mol. The van der Waals surface area contributed by atoms with Gasteiger partial charge in [0.05, 0.1) is 12.8 Å². The van der Waals surface area contributed by atoms with E-state index in [0.29, 0.717) is 36.1 Å². The second-order valence-electron chi connectivity index (χ2n) is 5.22. The van der Waals surface area contributed by atoms with Gasteiger partial charge in [0.1, 0.15) is 5.75 Å². The lowest BCUT2D eigenvalue weighted by Gasteiger charge is -2.34. The molecule has 0 saturated carbocycles. The third-order valence-electron chi connectivity index (χ3n) is 3.71. The summed E-state index contributed by atoms with van der Waals surface area (Å²) in [4.78, 5) is 28.1. The van der Waals surface area contributed by atoms with E-state index in [1.807, 2.05) is 0 Å². The summed E-state index contributed by atoms with van der Waals surface area (Å²) in [6, 6.07) is 4.83. The lowest BCUT2D eigenvalue weighted by molar-refractivity contribution is -0.144. The molecule has 0 radical (unpaired) electrons.